The Morgan fingerprint density at radius 1 is 1.45 bits per heavy atom. The van der Waals surface area contributed by atoms with E-state index in [-0.39, 0.29) is 12.3 Å². The lowest BCUT2D eigenvalue weighted by Crippen LogP contribution is -2.36. The molecule has 0 bridgehead atoms. The van der Waals surface area contributed by atoms with Crippen LogP contribution in [-0.2, 0) is 16.1 Å². The van der Waals surface area contributed by atoms with Crippen molar-refractivity contribution in [3.63, 3.8) is 0 Å². The van der Waals surface area contributed by atoms with Crippen LogP contribution in [0.3, 0.4) is 0 Å². The van der Waals surface area contributed by atoms with Crippen molar-refractivity contribution in [1.29, 1.82) is 0 Å². The molecular weight excluding hydrogens is 260 g/mol. The Balaban J connectivity index is 1.98. The van der Waals surface area contributed by atoms with Crippen LogP contribution in [0, 0.1) is 12.3 Å². The zero-order valence-corrected chi connectivity index (χ0v) is 11.9. The number of hydrogen-bond donors (Lipinski definition) is 1. The van der Waals surface area contributed by atoms with Gasteiger partial charge in [-0.25, -0.2) is 0 Å². The van der Waals surface area contributed by atoms with Gasteiger partial charge >= 0.3 is 5.97 Å². The molecule has 1 saturated carbocycles. The van der Waals surface area contributed by atoms with E-state index in [1.165, 1.54) is 4.90 Å². The smallest absolute Gasteiger partial charge is 0.310 e. The highest BCUT2D eigenvalue weighted by atomic mass is 16.5. The Labute approximate surface area is 117 Å². The van der Waals surface area contributed by atoms with E-state index in [9.17, 15) is 14.7 Å². The fraction of sp³-hybridized carbons (Fsp3) is 0.643. The largest absolute Gasteiger partial charge is 0.481 e. The maximum atomic E-state index is 12.2. The first-order chi connectivity index (χ1) is 9.43. The third-order valence-corrected chi connectivity index (χ3v) is 4.01. The molecule has 1 aromatic heterocycles. The van der Waals surface area contributed by atoms with E-state index in [0.29, 0.717) is 30.8 Å². The molecule has 1 fully saturated rings. The summed E-state index contributed by atoms with van der Waals surface area (Å²) in [4.78, 5) is 25.2. The third kappa shape index (κ3) is 3.00. The fourth-order valence-corrected chi connectivity index (χ4v) is 2.77. The quantitative estimate of drug-likeness (QED) is 0.891. The third-order valence-electron chi connectivity index (χ3n) is 4.01. The predicted molar refractivity (Wildman–Crippen MR) is 70.9 cm³/mol. The number of carboxylic acids is 1. The summed E-state index contributed by atoms with van der Waals surface area (Å²) >= 11 is 0. The first-order valence-corrected chi connectivity index (χ1v) is 6.82. The van der Waals surface area contributed by atoms with Gasteiger partial charge in [-0.1, -0.05) is 18.0 Å². The van der Waals surface area contributed by atoms with Crippen LogP contribution in [0.1, 0.15) is 43.6 Å². The summed E-state index contributed by atoms with van der Waals surface area (Å²) in [6.07, 6.45) is 3.00. The van der Waals surface area contributed by atoms with Crippen molar-refractivity contribution in [3.05, 3.63) is 17.5 Å². The van der Waals surface area contributed by atoms with Gasteiger partial charge in [0.15, 0.2) is 0 Å². The van der Waals surface area contributed by atoms with Crippen LogP contribution < -0.4 is 0 Å². The summed E-state index contributed by atoms with van der Waals surface area (Å²) in [6, 6.07) is 1.77. The minimum absolute atomic E-state index is 0.0651. The van der Waals surface area contributed by atoms with Gasteiger partial charge < -0.3 is 14.5 Å². The molecule has 110 valence electrons. The molecule has 1 amide bonds. The van der Waals surface area contributed by atoms with Crippen LogP contribution in [0.5, 0.6) is 0 Å². The molecule has 0 unspecified atom stereocenters. The van der Waals surface area contributed by atoms with Gasteiger partial charge in [0, 0.05) is 19.5 Å². The topological polar surface area (TPSA) is 83.6 Å². The normalized spacial score (nSPS) is 17.1. The number of amides is 1. The van der Waals surface area contributed by atoms with Gasteiger partial charge in [-0.05, 0) is 19.8 Å². The zero-order valence-electron chi connectivity index (χ0n) is 11.9. The Kier molecular flexibility index (Phi) is 4.11. The number of aliphatic carboxylic acids is 1. The molecule has 1 aliphatic carbocycles. The van der Waals surface area contributed by atoms with Crippen LogP contribution in [0.2, 0.25) is 0 Å². The van der Waals surface area contributed by atoms with Crippen molar-refractivity contribution in [3.8, 4) is 0 Å². The maximum Gasteiger partial charge on any atom is 0.310 e. The van der Waals surface area contributed by atoms with Crippen molar-refractivity contribution in [2.75, 3.05) is 7.05 Å². The van der Waals surface area contributed by atoms with Crippen molar-refractivity contribution >= 4 is 11.9 Å². The fourth-order valence-electron chi connectivity index (χ4n) is 2.77. The highest BCUT2D eigenvalue weighted by Crippen LogP contribution is 2.41. The Hall–Kier alpha value is -1.85. The second-order valence-corrected chi connectivity index (χ2v) is 5.65. The molecule has 1 N–H and O–H groups in total. The number of aryl methyl sites for hydroxylation is 1. The molecule has 6 nitrogen and oxygen atoms in total. The Morgan fingerprint density at radius 2 is 2.10 bits per heavy atom. The molecule has 1 aliphatic rings. The predicted octanol–water partition coefficient (Wildman–Crippen LogP) is 1.98. The summed E-state index contributed by atoms with van der Waals surface area (Å²) < 4.78 is 4.95. The van der Waals surface area contributed by atoms with E-state index in [2.05, 4.69) is 5.16 Å². The van der Waals surface area contributed by atoms with Crippen molar-refractivity contribution in [1.82, 2.24) is 10.1 Å². The van der Waals surface area contributed by atoms with Crippen LogP contribution in [0.4, 0.5) is 0 Å². The lowest BCUT2D eigenvalue weighted by atomic mass is 9.82. The Bertz CT molecular complexity index is 503. The van der Waals surface area contributed by atoms with E-state index in [4.69, 9.17) is 4.52 Å². The number of carbonyl (C=O) groups is 2. The van der Waals surface area contributed by atoms with Crippen molar-refractivity contribution in [2.24, 2.45) is 5.41 Å². The lowest BCUT2D eigenvalue weighted by Gasteiger charge is -2.26. The van der Waals surface area contributed by atoms with Gasteiger partial charge in [0.05, 0.1) is 12.0 Å². The molecule has 0 spiro atoms. The molecule has 0 aromatic carbocycles. The molecule has 20 heavy (non-hydrogen) atoms. The summed E-state index contributed by atoms with van der Waals surface area (Å²) in [6.45, 7) is 2.13. The van der Waals surface area contributed by atoms with Gasteiger partial charge in [-0.3, -0.25) is 9.59 Å². The van der Waals surface area contributed by atoms with Crippen molar-refractivity contribution < 1.29 is 19.2 Å². The van der Waals surface area contributed by atoms with Gasteiger partial charge in [0.2, 0.25) is 5.91 Å². The number of carbonyl (C=O) groups excluding carboxylic acids is 1. The number of carboxylic acid groups (broad SMARTS) is 1. The minimum Gasteiger partial charge on any atom is -0.481 e. The molecule has 0 aliphatic heterocycles. The van der Waals surface area contributed by atoms with Crippen LogP contribution in [-0.4, -0.2) is 34.1 Å². The summed E-state index contributed by atoms with van der Waals surface area (Å²) in [5.74, 6) is -0.317. The zero-order chi connectivity index (χ0) is 14.8. The number of aromatic nitrogens is 1. The first kappa shape index (κ1) is 14.6. The van der Waals surface area contributed by atoms with Gasteiger partial charge in [0.25, 0.3) is 0 Å². The second-order valence-electron chi connectivity index (χ2n) is 5.65. The molecule has 0 saturated heterocycles. The highest BCUT2D eigenvalue weighted by Gasteiger charge is 2.43. The van der Waals surface area contributed by atoms with E-state index in [1.54, 1.807) is 20.0 Å². The molecule has 2 rings (SSSR count). The average Bonchev–Trinajstić information content (AvgIpc) is 2.99. The average molecular weight is 280 g/mol. The Morgan fingerprint density at radius 3 is 2.60 bits per heavy atom. The lowest BCUT2D eigenvalue weighted by molar-refractivity contribution is -0.153. The molecule has 6 heteroatoms. The van der Waals surface area contributed by atoms with Crippen LogP contribution >= 0.6 is 0 Å². The SMILES string of the molecule is Cc1cc(CN(C)C(=O)CC2(C(=O)O)CCCC2)no1. The van der Waals surface area contributed by atoms with Gasteiger partial charge in [-0.15, -0.1) is 0 Å². The number of hydrogen-bond acceptors (Lipinski definition) is 4. The van der Waals surface area contributed by atoms with Gasteiger partial charge in [0.1, 0.15) is 11.5 Å². The minimum atomic E-state index is -0.870. The van der Waals surface area contributed by atoms with E-state index in [1.807, 2.05) is 0 Å². The summed E-state index contributed by atoms with van der Waals surface area (Å²) in [5, 5.41) is 13.2. The van der Waals surface area contributed by atoms with Crippen molar-refractivity contribution in [2.45, 2.75) is 45.6 Å². The molecule has 0 radical (unpaired) electrons. The maximum absolute atomic E-state index is 12.2. The van der Waals surface area contributed by atoms with E-state index >= 15 is 0 Å². The summed E-state index contributed by atoms with van der Waals surface area (Å²) in [5.41, 5.74) is -0.195. The molecular formula is C14H20N2O4. The molecule has 1 aromatic rings. The van der Waals surface area contributed by atoms with Gasteiger partial charge in [-0.2, -0.15) is 0 Å². The van der Waals surface area contributed by atoms with E-state index < -0.39 is 11.4 Å². The van der Waals surface area contributed by atoms with Crippen LogP contribution in [0.25, 0.3) is 0 Å². The molecule has 0 atom stereocenters. The number of rotatable bonds is 5. The number of nitrogens with zero attached hydrogens (tertiary/aromatic N) is 2. The van der Waals surface area contributed by atoms with Crippen LogP contribution in [0.15, 0.2) is 10.6 Å². The second kappa shape index (κ2) is 5.64. The van der Waals surface area contributed by atoms with E-state index in [0.717, 1.165) is 12.8 Å². The summed E-state index contributed by atoms with van der Waals surface area (Å²) in [7, 11) is 1.66. The molecule has 1 heterocycles. The standard InChI is InChI=1S/C14H20N2O4/c1-10-7-11(15-20-10)9-16(2)12(17)8-14(13(18)19)5-3-4-6-14/h7H,3-6,8-9H2,1-2H3,(H,18,19). The monoisotopic (exact) mass is 280 g/mol. The first-order valence-electron chi connectivity index (χ1n) is 6.82. The highest BCUT2D eigenvalue weighted by molar-refractivity contribution is 5.85.